The van der Waals surface area contributed by atoms with Crippen LogP contribution >= 0.6 is 0 Å². The SMILES string of the molecule is NC(N)=NCCC[C@H](CC(=O)[C@H](Cc1ccccc1)NC(=O)CCCCCCCNC(=O)CCC(NC(=O)NCCCC(=O)O)C(=O)O)C(=O)N[C@@H](CCCCNC(=O)CN1CCN(CC(=O)O)CCN(CC(=O)O)CC1)C(=O)O.O=C=O.[18F][Al]. The van der Waals surface area contributed by atoms with Gasteiger partial charge in [0.15, 0.2) is 11.7 Å². The average molecular weight is 1220 g/mol. The van der Waals surface area contributed by atoms with E-state index in [1.807, 2.05) is 4.90 Å². The maximum atomic E-state index is 14.1. The van der Waals surface area contributed by atoms with E-state index in [9.17, 15) is 76.7 Å². The highest BCUT2D eigenvalue weighted by Gasteiger charge is 2.31. The molecule has 1 saturated heterocycles. The molecule has 1 fully saturated rings. The molecule has 0 aliphatic carbocycles. The largest absolute Gasteiger partial charge is 0.481 e. The van der Waals surface area contributed by atoms with Crippen molar-refractivity contribution >= 4 is 94.2 Å². The summed E-state index contributed by atoms with van der Waals surface area (Å²) in [6, 6.07) is 4.51. The van der Waals surface area contributed by atoms with Crippen molar-refractivity contribution in [3.8, 4) is 0 Å². The van der Waals surface area contributed by atoms with E-state index in [0.717, 1.165) is 28.7 Å². The third-order valence-electron chi connectivity index (χ3n) is 13.0. The number of ketones is 1. The highest BCUT2D eigenvalue weighted by molar-refractivity contribution is 5.96. The Balaban J connectivity index is 0.0000136. The average Bonchev–Trinajstić information content (AvgIpc) is 3.68. The zero-order valence-electron chi connectivity index (χ0n) is 47.9. The fourth-order valence-electron chi connectivity index (χ4n) is 8.61. The number of hydrogen-bond acceptors (Lipinski definition) is 17. The molecule has 1 aliphatic heterocycles. The topological polar surface area (TPSA) is 469 Å². The van der Waals surface area contributed by atoms with Crippen LogP contribution in [-0.2, 0) is 64.0 Å². The maximum absolute atomic E-state index is 14.1. The van der Waals surface area contributed by atoms with Crippen LogP contribution in [0, 0.1) is 5.92 Å². The second kappa shape index (κ2) is 47.7. The third-order valence-corrected chi connectivity index (χ3v) is 13.0. The number of nitrogens with zero attached hydrogens (tertiary/aromatic N) is 4. The molecule has 0 bridgehead atoms. The Morgan fingerprint density at radius 3 is 1.59 bits per heavy atom. The quantitative estimate of drug-likeness (QED) is 0.0155. The Hall–Kier alpha value is -7.62. The number of aliphatic carboxylic acids is 5. The fraction of sp³-hybridized carbons (Fsp3) is 0.642. The van der Waals surface area contributed by atoms with E-state index in [1.54, 1.807) is 40.1 Å². The summed E-state index contributed by atoms with van der Waals surface area (Å²) in [6.45, 7) is 2.36. The lowest BCUT2D eigenvalue weighted by Gasteiger charge is -2.24. The molecule has 2 radical (unpaired) electrons. The summed E-state index contributed by atoms with van der Waals surface area (Å²) in [4.78, 5) is 161. The normalized spacial score (nSPS) is 14.0. The van der Waals surface area contributed by atoms with E-state index in [0.29, 0.717) is 77.9 Å². The highest BCUT2D eigenvalue weighted by atomic mass is 27.1. The lowest BCUT2D eigenvalue weighted by Crippen LogP contribution is -2.46. The summed E-state index contributed by atoms with van der Waals surface area (Å²) in [5.74, 6) is -9.12. The molecule has 2 rings (SSSR count). The summed E-state index contributed by atoms with van der Waals surface area (Å²) < 4.78 is 9.42. The number of nitrogens with two attached hydrogens (primary N) is 2. The Bertz CT molecular complexity index is 2270. The van der Waals surface area contributed by atoms with E-state index in [2.05, 4.69) is 36.9 Å². The van der Waals surface area contributed by atoms with Crippen LogP contribution in [0.25, 0.3) is 0 Å². The van der Waals surface area contributed by atoms with Crippen LogP contribution in [0.3, 0.4) is 0 Å². The molecule has 4 atom stereocenters. The third kappa shape index (κ3) is 41.1. The molecule has 1 unspecified atom stereocenters. The number of aliphatic imine (C=N–C) groups is 1. The number of hydrogen-bond donors (Lipinski definition) is 13. The molecule has 15 N–H and O–H groups in total. The summed E-state index contributed by atoms with van der Waals surface area (Å²) in [6.07, 6.45) is 4.06. The predicted molar refractivity (Wildman–Crippen MR) is 303 cm³/mol. The lowest BCUT2D eigenvalue weighted by atomic mass is 9.90. The van der Waals surface area contributed by atoms with Crippen LogP contribution in [0.5, 0.6) is 0 Å². The number of benzene rings is 1. The molecule has 32 heteroatoms. The van der Waals surface area contributed by atoms with Gasteiger partial charge in [0.1, 0.15) is 12.1 Å². The zero-order chi connectivity index (χ0) is 64.0. The van der Waals surface area contributed by atoms with Crippen molar-refractivity contribution < 1.29 is 91.4 Å². The molecule has 474 valence electrons. The van der Waals surface area contributed by atoms with Crippen LogP contribution in [0.2, 0.25) is 0 Å². The first-order valence-corrected chi connectivity index (χ1v) is 28.3. The van der Waals surface area contributed by atoms with Crippen molar-refractivity contribution in [2.24, 2.45) is 22.4 Å². The van der Waals surface area contributed by atoms with Gasteiger partial charge in [-0.2, -0.15) is 9.59 Å². The number of urea groups is 1. The van der Waals surface area contributed by atoms with Crippen molar-refractivity contribution in [1.82, 2.24) is 46.6 Å². The van der Waals surface area contributed by atoms with Gasteiger partial charge in [-0.05, 0) is 69.8 Å². The Labute approximate surface area is 501 Å². The highest BCUT2D eigenvalue weighted by Crippen LogP contribution is 2.18. The molecule has 0 aromatic heterocycles. The van der Waals surface area contributed by atoms with Gasteiger partial charge in [-0.15, -0.1) is 0 Å². The van der Waals surface area contributed by atoms with Gasteiger partial charge in [-0.3, -0.25) is 58.0 Å². The number of guanidine groups is 1. The molecule has 0 saturated carbocycles. The van der Waals surface area contributed by atoms with Crippen LogP contribution in [0.4, 0.5) is 8.32 Å². The second-order valence-corrected chi connectivity index (χ2v) is 19.8. The van der Waals surface area contributed by atoms with Crippen LogP contribution in [0.15, 0.2) is 35.3 Å². The van der Waals surface area contributed by atoms with Crippen molar-refractivity contribution in [2.75, 3.05) is 85.1 Å². The number of amides is 6. The minimum absolute atomic E-state index is 0.000260. The van der Waals surface area contributed by atoms with Gasteiger partial charge in [-0.25, -0.2) is 14.4 Å². The van der Waals surface area contributed by atoms with Gasteiger partial charge >= 0.3 is 58.8 Å². The van der Waals surface area contributed by atoms with Gasteiger partial charge in [0.2, 0.25) is 23.6 Å². The Kier molecular flexibility index (Phi) is 43.4. The summed E-state index contributed by atoms with van der Waals surface area (Å²) in [5.41, 5.74) is 11.7. The summed E-state index contributed by atoms with van der Waals surface area (Å²) in [7, 11) is 0. The van der Waals surface area contributed by atoms with Gasteiger partial charge in [0, 0.05) is 97.0 Å². The van der Waals surface area contributed by atoms with E-state index in [1.165, 1.54) is 0 Å². The number of carbonyl (C=O) groups excluding carboxylic acids is 8. The van der Waals surface area contributed by atoms with Crippen LogP contribution in [0.1, 0.15) is 108 Å². The Morgan fingerprint density at radius 2 is 1.05 bits per heavy atom. The molecule has 1 heterocycles. The zero-order valence-corrected chi connectivity index (χ0v) is 49.0. The van der Waals surface area contributed by atoms with Gasteiger partial charge in [-0.1, -0.05) is 49.6 Å². The molecular formula is C53H84AlFN12O18. The monoisotopic (exact) mass is 1220 g/mol. The molecule has 0 spiro atoms. The van der Waals surface area contributed by atoms with Crippen LogP contribution in [-0.4, -0.2) is 238 Å². The minimum atomic E-state index is -1.33. The summed E-state index contributed by atoms with van der Waals surface area (Å²) >= 11 is 0.917. The van der Waals surface area contributed by atoms with Crippen molar-refractivity contribution in [1.29, 1.82) is 0 Å². The number of carboxylic acid groups (broad SMARTS) is 5. The number of rotatable bonds is 41. The molecule has 1 aromatic carbocycles. The van der Waals surface area contributed by atoms with Gasteiger partial charge < -0.3 is 72.4 Å². The van der Waals surface area contributed by atoms with Gasteiger partial charge in [0.25, 0.3) is 0 Å². The fourth-order valence-corrected chi connectivity index (χ4v) is 8.61. The predicted octanol–water partition coefficient (Wildman–Crippen LogP) is -1.40. The second-order valence-electron chi connectivity index (χ2n) is 19.8. The standard InChI is InChI=1S/C52H84N12O16.CO2.Al.FH/c53-51(54)57-23-11-15-37(48(75)60-38(49(76)77)16-8-10-22-56-44(68)33-62-25-27-63(34-46(71)72)29-30-64(28-26-62)35-47(73)74)32-41(65)40(31-36-13-5-4-6-14-36)59-43(67)17-7-2-1-3-9-21-55-42(66)20-19-39(50(78)79)61-52(80)58-24-12-18-45(69)70;2-1-3;;/h4-6,13-14,37-40H,1-3,7-12,15-35H2,(H,55,66)(H,56,68)(H,59,67)(H,60,75)(H,69,70)(H,71,72)(H,73,74)(H,76,77)(H,78,79)(H4,53,54,57)(H2,58,61,80);;;1H/q;;+1;/p-1/t37-,38+,39?,40+;;;/m1.../s1/i;;;1-1. The lowest BCUT2D eigenvalue weighted by molar-refractivity contribution is -0.192. The minimum Gasteiger partial charge on any atom is -0.481 e. The molecule has 1 aliphatic rings. The maximum Gasteiger partial charge on any atom is 0.447 e. The van der Waals surface area contributed by atoms with Crippen molar-refractivity contribution in [2.45, 2.75) is 127 Å². The first-order valence-electron chi connectivity index (χ1n) is 27.8. The number of unbranched alkanes of at least 4 members (excludes halogenated alkanes) is 5. The van der Waals surface area contributed by atoms with Crippen LogP contribution < -0.4 is 43.4 Å². The first-order chi connectivity index (χ1) is 40.5. The van der Waals surface area contributed by atoms with E-state index >= 15 is 0 Å². The number of carboxylic acids is 5. The first kappa shape index (κ1) is 77.4. The van der Waals surface area contributed by atoms with Crippen molar-refractivity contribution in [3.63, 3.8) is 0 Å². The number of Topliss-reactive ketones (excluding diaryl/α,β-unsaturated/α-hetero) is 1. The van der Waals surface area contributed by atoms with E-state index in [4.69, 9.17) is 26.2 Å². The van der Waals surface area contributed by atoms with E-state index < -0.39 is 77.5 Å². The Morgan fingerprint density at radius 1 is 0.541 bits per heavy atom. The number of nitrogens with one attached hydrogen (secondary N) is 6. The van der Waals surface area contributed by atoms with Crippen molar-refractivity contribution in [3.05, 3.63) is 35.9 Å². The number of halogens is 1. The molecule has 85 heavy (non-hydrogen) atoms. The number of carbonyl (C=O) groups is 11. The molecule has 6 amide bonds. The summed E-state index contributed by atoms with van der Waals surface area (Å²) in [5, 5.41) is 62.5. The molecular weight excluding hydrogens is 1140 g/mol. The molecule has 1 aromatic rings. The smallest absolute Gasteiger partial charge is 0.447 e. The van der Waals surface area contributed by atoms with E-state index in [-0.39, 0.29) is 134 Å². The molecule has 30 nitrogen and oxygen atoms in total. The van der Waals surface area contributed by atoms with Gasteiger partial charge in [0.05, 0.1) is 25.7 Å².